The van der Waals surface area contributed by atoms with Crippen molar-refractivity contribution in [3.8, 4) is 0 Å². The lowest BCUT2D eigenvalue weighted by molar-refractivity contribution is 0.419. The molecule has 1 nitrogen and oxygen atoms in total. The SMILES string of the molecule is CNC(c1ccc(C2CCC2)cc1)c1cc(F)ccc1C. The summed E-state index contributed by atoms with van der Waals surface area (Å²) in [4.78, 5) is 0. The molecule has 0 amide bonds. The molecule has 3 rings (SSSR count). The van der Waals surface area contributed by atoms with Gasteiger partial charge in [-0.3, -0.25) is 0 Å². The molecule has 0 radical (unpaired) electrons. The fourth-order valence-electron chi connectivity index (χ4n) is 3.13. The van der Waals surface area contributed by atoms with Crippen LogP contribution >= 0.6 is 0 Å². The fraction of sp³-hybridized carbons (Fsp3) is 0.368. The van der Waals surface area contributed by atoms with E-state index in [0.717, 1.165) is 17.0 Å². The molecule has 1 atom stereocenters. The molecule has 0 heterocycles. The summed E-state index contributed by atoms with van der Waals surface area (Å²) >= 11 is 0. The van der Waals surface area contributed by atoms with Crippen LogP contribution in [0.2, 0.25) is 0 Å². The molecule has 2 heteroatoms. The molecule has 0 bridgehead atoms. The summed E-state index contributed by atoms with van der Waals surface area (Å²) in [7, 11) is 1.93. The molecule has 2 aromatic rings. The van der Waals surface area contributed by atoms with E-state index in [1.54, 1.807) is 6.07 Å². The van der Waals surface area contributed by atoms with Gasteiger partial charge in [0.1, 0.15) is 5.82 Å². The van der Waals surface area contributed by atoms with Gasteiger partial charge in [0.05, 0.1) is 6.04 Å². The van der Waals surface area contributed by atoms with Crippen molar-refractivity contribution in [1.29, 1.82) is 0 Å². The first-order valence-corrected chi connectivity index (χ1v) is 7.72. The van der Waals surface area contributed by atoms with E-state index in [2.05, 4.69) is 29.6 Å². The minimum atomic E-state index is -0.179. The predicted molar refractivity (Wildman–Crippen MR) is 85.1 cm³/mol. The molecule has 1 saturated carbocycles. The number of hydrogen-bond acceptors (Lipinski definition) is 1. The van der Waals surface area contributed by atoms with Crippen molar-refractivity contribution in [2.45, 2.75) is 38.1 Å². The lowest BCUT2D eigenvalue weighted by atomic mass is 9.79. The minimum Gasteiger partial charge on any atom is -0.309 e. The average molecular weight is 283 g/mol. The van der Waals surface area contributed by atoms with E-state index in [4.69, 9.17) is 0 Å². The minimum absolute atomic E-state index is 0.0381. The monoisotopic (exact) mass is 283 g/mol. The summed E-state index contributed by atoms with van der Waals surface area (Å²) < 4.78 is 13.6. The normalized spacial score (nSPS) is 16.5. The van der Waals surface area contributed by atoms with Crippen LogP contribution in [0.15, 0.2) is 42.5 Å². The Morgan fingerprint density at radius 1 is 1.10 bits per heavy atom. The van der Waals surface area contributed by atoms with E-state index in [0.29, 0.717) is 0 Å². The van der Waals surface area contributed by atoms with Crippen molar-refractivity contribution in [3.05, 3.63) is 70.5 Å². The molecule has 110 valence electrons. The van der Waals surface area contributed by atoms with Crippen LogP contribution in [-0.4, -0.2) is 7.05 Å². The summed E-state index contributed by atoms with van der Waals surface area (Å²) in [6, 6.07) is 13.9. The Labute approximate surface area is 126 Å². The molecule has 1 unspecified atom stereocenters. The largest absolute Gasteiger partial charge is 0.309 e. The average Bonchev–Trinajstić information content (AvgIpc) is 2.43. The van der Waals surface area contributed by atoms with E-state index in [1.165, 1.54) is 36.5 Å². The van der Waals surface area contributed by atoms with E-state index < -0.39 is 0 Å². The van der Waals surface area contributed by atoms with Crippen LogP contribution in [0.4, 0.5) is 4.39 Å². The molecular weight excluding hydrogens is 261 g/mol. The van der Waals surface area contributed by atoms with Gasteiger partial charge in [0.15, 0.2) is 0 Å². The molecule has 1 fully saturated rings. The molecule has 0 aliphatic heterocycles. The number of benzene rings is 2. The molecule has 1 N–H and O–H groups in total. The highest BCUT2D eigenvalue weighted by Crippen LogP contribution is 2.37. The van der Waals surface area contributed by atoms with Crippen molar-refractivity contribution in [1.82, 2.24) is 5.32 Å². The van der Waals surface area contributed by atoms with E-state index in [9.17, 15) is 4.39 Å². The molecule has 0 saturated heterocycles. The number of rotatable bonds is 4. The second kappa shape index (κ2) is 5.98. The van der Waals surface area contributed by atoms with Gasteiger partial charge in [-0.2, -0.15) is 0 Å². The Hall–Kier alpha value is -1.67. The van der Waals surface area contributed by atoms with Gasteiger partial charge in [-0.05, 0) is 67.1 Å². The maximum atomic E-state index is 13.6. The van der Waals surface area contributed by atoms with Crippen LogP contribution in [0.5, 0.6) is 0 Å². The Morgan fingerprint density at radius 2 is 1.81 bits per heavy atom. The summed E-state index contributed by atoms with van der Waals surface area (Å²) in [5, 5.41) is 3.31. The molecule has 2 aromatic carbocycles. The van der Waals surface area contributed by atoms with Crippen molar-refractivity contribution < 1.29 is 4.39 Å². The summed E-state index contributed by atoms with van der Waals surface area (Å²) in [5.74, 6) is 0.574. The lowest BCUT2D eigenvalue weighted by Gasteiger charge is -2.26. The first-order chi connectivity index (χ1) is 10.2. The van der Waals surface area contributed by atoms with Gasteiger partial charge in [0.2, 0.25) is 0 Å². The van der Waals surface area contributed by atoms with E-state index in [1.807, 2.05) is 20.0 Å². The van der Waals surface area contributed by atoms with Gasteiger partial charge in [-0.25, -0.2) is 4.39 Å². The second-order valence-corrected chi connectivity index (χ2v) is 6.02. The van der Waals surface area contributed by atoms with Gasteiger partial charge < -0.3 is 5.32 Å². The highest BCUT2D eigenvalue weighted by Gasteiger charge is 2.20. The van der Waals surface area contributed by atoms with Crippen molar-refractivity contribution >= 4 is 0 Å². The summed E-state index contributed by atoms with van der Waals surface area (Å²) in [6.45, 7) is 2.03. The van der Waals surface area contributed by atoms with E-state index in [-0.39, 0.29) is 11.9 Å². The highest BCUT2D eigenvalue weighted by atomic mass is 19.1. The van der Waals surface area contributed by atoms with Crippen LogP contribution < -0.4 is 5.32 Å². The zero-order chi connectivity index (χ0) is 14.8. The topological polar surface area (TPSA) is 12.0 Å². The third kappa shape index (κ3) is 2.86. The van der Waals surface area contributed by atoms with Crippen LogP contribution in [-0.2, 0) is 0 Å². The fourth-order valence-corrected chi connectivity index (χ4v) is 3.13. The van der Waals surface area contributed by atoms with Crippen LogP contribution in [0.1, 0.15) is 53.5 Å². The highest BCUT2D eigenvalue weighted by molar-refractivity contribution is 5.38. The van der Waals surface area contributed by atoms with E-state index >= 15 is 0 Å². The molecule has 21 heavy (non-hydrogen) atoms. The number of halogens is 1. The summed E-state index contributed by atoms with van der Waals surface area (Å²) in [5.41, 5.74) is 4.75. The first-order valence-electron chi connectivity index (χ1n) is 7.72. The first kappa shape index (κ1) is 14.3. The molecule has 1 aliphatic rings. The van der Waals surface area contributed by atoms with Gasteiger partial charge in [-0.15, -0.1) is 0 Å². The smallest absolute Gasteiger partial charge is 0.123 e. The van der Waals surface area contributed by atoms with Crippen molar-refractivity contribution in [2.24, 2.45) is 0 Å². The molecule has 1 aliphatic carbocycles. The van der Waals surface area contributed by atoms with Crippen molar-refractivity contribution in [2.75, 3.05) is 7.05 Å². The van der Waals surface area contributed by atoms with Crippen LogP contribution in [0, 0.1) is 12.7 Å². The Balaban J connectivity index is 1.90. The molecule has 0 aromatic heterocycles. The molecule has 0 spiro atoms. The summed E-state index contributed by atoms with van der Waals surface area (Å²) in [6.07, 6.45) is 3.99. The van der Waals surface area contributed by atoms with Gasteiger partial charge in [0.25, 0.3) is 0 Å². The number of nitrogens with one attached hydrogen (secondary N) is 1. The standard InChI is InChI=1S/C19H22FN/c1-13-6-11-17(20)12-18(13)19(21-2)16-9-7-15(8-10-16)14-4-3-5-14/h6-12,14,19,21H,3-5H2,1-2H3. The third-order valence-corrected chi connectivity index (χ3v) is 4.69. The predicted octanol–water partition coefficient (Wildman–Crippen LogP) is 4.71. The Kier molecular flexibility index (Phi) is 4.07. The number of hydrogen-bond donors (Lipinski definition) is 1. The maximum Gasteiger partial charge on any atom is 0.123 e. The Morgan fingerprint density at radius 3 is 2.38 bits per heavy atom. The van der Waals surface area contributed by atoms with Gasteiger partial charge in [0, 0.05) is 0 Å². The zero-order valence-corrected chi connectivity index (χ0v) is 12.7. The lowest BCUT2D eigenvalue weighted by Crippen LogP contribution is -2.19. The van der Waals surface area contributed by atoms with Crippen LogP contribution in [0.25, 0.3) is 0 Å². The number of aryl methyl sites for hydroxylation is 1. The second-order valence-electron chi connectivity index (χ2n) is 6.02. The van der Waals surface area contributed by atoms with Gasteiger partial charge in [-0.1, -0.05) is 36.8 Å². The maximum absolute atomic E-state index is 13.6. The quantitative estimate of drug-likeness (QED) is 0.857. The molecular formula is C19H22FN. The zero-order valence-electron chi connectivity index (χ0n) is 12.7. The van der Waals surface area contributed by atoms with Crippen molar-refractivity contribution in [3.63, 3.8) is 0 Å². The Bertz CT molecular complexity index is 614. The van der Waals surface area contributed by atoms with Gasteiger partial charge >= 0.3 is 0 Å². The van der Waals surface area contributed by atoms with Crippen LogP contribution in [0.3, 0.4) is 0 Å². The third-order valence-electron chi connectivity index (χ3n) is 4.69.